The van der Waals surface area contributed by atoms with Crippen molar-refractivity contribution in [1.82, 2.24) is 15.5 Å². The number of carbonyl (C=O) groups excluding carboxylic acids is 1. The lowest BCUT2D eigenvalue weighted by Gasteiger charge is -2.33. The van der Waals surface area contributed by atoms with Gasteiger partial charge in [-0.25, -0.2) is 13.6 Å². The Balaban J connectivity index is 1.09. The van der Waals surface area contributed by atoms with Gasteiger partial charge in [-0.1, -0.05) is 18.2 Å². The maximum Gasteiger partial charge on any atom is 0.317 e. The lowest BCUT2D eigenvalue weighted by Crippen LogP contribution is -2.46. The van der Waals surface area contributed by atoms with E-state index in [4.69, 9.17) is 4.74 Å². The van der Waals surface area contributed by atoms with Gasteiger partial charge in [-0.3, -0.25) is 0 Å². The van der Waals surface area contributed by atoms with Crippen molar-refractivity contribution < 1.29 is 28.5 Å². The van der Waals surface area contributed by atoms with Gasteiger partial charge >= 0.3 is 6.03 Å². The number of nitrogens with zero attached hydrogens (tertiary/aromatic N) is 1. The van der Waals surface area contributed by atoms with E-state index in [0.717, 1.165) is 37.6 Å². The van der Waals surface area contributed by atoms with Crippen LogP contribution in [0.15, 0.2) is 66.7 Å². The number of ether oxygens (including phenoxy) is 1. The smallest absolute Gasteiger partial charge is 0.317 e. The Morgan fingerprint density at radius 1 is 1.02 bits per heavy atom. The second kappa shape index (κ2) is 14.5. The van der Waals surface area contributed by atoms with Crippen molar-refractivity contribution in [3.8, 4) is 11.5 Å². The summed E-state index contributed by atoms with van der Waals surface area (Å²) in [5.41, 5.74) is 2.45. The first-order valence-electron chi connectivity index (χ1n) is 13.5. The van der Waals surface area contributed by atoms with Gasteiger partial charge in [-0.15, -0.1) is 0 Å². The van der Waals surface area contributed by atoms with Crippen LogP contribution in [0.3, 0.4) is 0 Å². The number of phenolic OH excluding ortho intramolecular Hbond substituents is 1. The van der Waals surface area contributed by atoms with Gasteiger partial charge in [0.25, 0.3) is 0 Å². The van der Waals surface area contributed by atoms with Gasteiger partial charge in [-0.2, -0.15) is 0 Å². The first-order chi connectivity index (χ1) is 19.4. The monoisotopic (exact) mass is 554 g/mol. The lowest BCUT2D eigenvalue weighted by atomic mass is 10.0. The van der Waals surface area contributed by atoms with E-state index in [0.29, 0.717) is 25.4 Å². The molecule has 1 fully saturated rings. The molecule has 1 saturated heterocycles. The number of hydrogen-bond acceptors (Lipinski definition) is 6. The number of halogens is 2. The fourth-order valence-electron chi connectivity index (χ4n) is 4.47. The minimum atomic E-state index is -0.669. The van der Waals surface area contributed by atoms with Crippen LogP contribution in [-0.2, 0) is 13.0 Å². The summed E-state index contributed by atoms with van der Waals surface area (Å²) in [7, 11) is 0. The van der Waals surface area contributed by atoms with Gasteiger partial charge < -0.3 is 35.8 Å². The molecule has 3 aromatic carbocycles. The Labute approximate surface area is 233 Å². The van der Waals surface area contributed by atoms with Crippen LogP contribution in [0.2, 0.25) is 0 Å². The zero-order valence-corrected chi connectivity index (χ0v) is 22.3. The van der Waals surface area contributed by atoms with Crippen molar-refractivity contribution in [2.75, 3.05) is 38.1 Å². The van der Waals surface area contributed by atoms with Crippen LogP contribution in [0, 0.1) is 11.6 Å². The molecule has 3 aromatic rings. The zero-order chi connectivity index (χ0) is 28.3. The highest BCUT2D eigenvalue weighted by Crippen LogP contribution is 2.18. The molecule has 214 valence electrons. The SMILES string of the molecule is O=C(NCc1ccc(F)cc1F)N1CCC(Nc2ccc(CCNCC(O)COc3ccc(O)cc3)cc2)CC1. The molecule has 1 unspecified atom stereocenters. The number of phenols is 1. The van der Waals surface area contributed by atoms with Gasteiger partial charge in [0, 0.05) is 49.5 Å². The number of hydrogen-bond donors (Lipinski definition) is 5. The molecule has 0 spiro atoms. The van der Waals surface area contributed by atoms with Gasteiger partial charge in [0.1, 0.15) is 35.8 Å². The van der Waals surface area contributed by atoms with Crippen LogP contribution in [0.5, 0.6) is 11.5 Å². The number of piperidine rings is 1. The summed E-state index contributed by atoms with van der Waals surface area (Å²) in [6.07, 6.45) is 1.77. The van der Waals surface area contributed by atoms with E-state index in [-0.39, 0.29) is 36.5 Å². The Morgan fingerprint density at radius 3 is 2.45 bits per heavy atom. The van der Waals surface area contributed by atoms with Gasteiger partial charge in [-0.05, 0) is 73.8 Å². The first kappa shape index (κ1) is 29.1. The van der Waals surface area contributed by atoms with Crippen molar-refractivity contribution in [2.45, 2.75) is 38.0 Å². The van der Waals surface area contributed by atoms with E-state index in [1.807, 2.05) is 12.1 Å². The third kappa shape index (κ3) is 9.10. The van der Waals surface area contributed by atoms with Crippen molar-refractivity contribution in [3.63, 3.8) is 0 Å². The van der Waals surface area contributed by atoms with E-state index in [2.05, 4.69) is 28.1 Å². The average Bonchev–Trinajstić information content (AvgIpc) is 2.95. The molecule has 1 heterocycles. The Kier molecular flexibility index (Phi) is 10.5. The van der Waals surface area contributed by atoms with Crippen LogP contribution >= 0.6 is 0 Å². The molecule has 1 aliphatic heterocycles. The van der Waals surface area contributed by atoms with Gasteiger partial charge in [0.2, 0.25) is 0 Å². The summed E-state index contributed by atoms with van der Waals surface area (Å²) < 4.78 is 32.3. The fraction of sp³-hybridized carbons (Fsp3) is 0.367. The largest absolute Gasteiger partial charge is 0.508 e. The minimum absolute atomic E-state index is 0.0149. The molecule has 1 atom stereocenters. The average molecular weight is 555 g/mol. The molecule has 4 rings (SSSR count). The molecule has 1 aliphatic rings. The number of aliphatic hydroxyl groups excluding tert-OH is 1. The van der Waals surface area contributed by atoms with Crippen molar-refractivity contribution in [1.29, 1.82) is 0 Å². The summed E-state index contributed by atoms with van der Waals surface area (Å²) in [4.78, 5) is 14.2. The first-order valence-corrected chi connectivity index (χ1v) is 13.5. The molecule has 40 heavy (non-hydrogen) atoms. The third-order valence-electron chi connectivity index (χ3n) is 6.80. The summed E-state index contributed by atoms with van der Waals surface area (Å²) >= 11 is 0. The van der Waals surface area contributed by atoms with Crippen LogP contribution in [0.4, 0.5) is 19.3 Å². The Hall–Kier alpha value is -3.89. The topological polar surface area (TPSA) is 106 Å². The maximum atomic E-state index is 13.8. The number of benzene rings is 3. The number of likely N-dealkylation sites (tertiary alicyclic amines) is 1. The Bertz CT molecular complexity index is 1220. The standard InChI is InChI=1S/C30H36F2N4O4/c31-23-4-3-22(29(32)17-23)18-34-30(39)36-15-12-25(13-16-36)35-24-5-1-21(2-6-24)11-14-33-19-27(38)20-40-28-9-7-26(37)8-10-28/h1-10,17,25,27,33,35,37-38H,11-16,18-20H2,(H,34,39). The van der Waals surface area contributed by atoms with Gasteiger partial charge in [0.05, 0.1) is 0 Å². The maximum absolute atomic E-state index is 13.8. The summed E-state index contributed by atoms with van der Waals surface area (Å²) in [5.74, 6) is -0.548. The highest BCUT2D eigenvalue weighted by Gasteiger charge is 2.22. The quantitative estimate of drug-likeness (QED) is 0.217. The number of aromatic hydroxyl groups is 1. The number of carbonyl (C=O) groups is 1. The molecule has 8 nitrogen and oxygen atoms in total. The van der Waals surface area contributed by atoms with E-state index in [1.54, 1.807) is 17.0 Å². The normalized spacial score (nSPS) is 14.5. The number of nitrogens with one attached hydrogen (secondary N) is 3. The van der Waals surface area contributed by atoms with Crippen LogP contribution in [0.25, 0.3) is 0 Å². The minimum Gasteiger partial charge on any atom is -0.508 e. The highest BCUT2D eigenvalue weighted by atomic mass is 19.1. The van der Waals surface area contributed by atoms with Crippen molar-refractivity contribution >= 4 is 11.7 Å². The molecule has 0 bridgehead atoms. The molecule has 0 saturated carbocycles. The predicted octanol–water partition coefficient (Wildman–Crippen LogP) is 4.03. The number of amides is 2. The van der Waals surface area contributed by atoms with Crippen molar-refractivity contribution in [2.24, 2.45) is 0 Å². The summed E-state index contributed by atoms with van der Waals surface area (Å²) in [6.45, 7) is 2.49. The molecule has 0 aliphatic carbocycles. The highest BCUT2D eigenvalue weighted by molar-refractivity contribution is 5.74. The van der Waals surface area contributed by atoms with Gasteiger partial charge in [0.15, 0.2) is 0 Å². The molecular formula is C30H36F2N4O4. The van der Waals surface area contributed by atoms with E-state index in [9.17, 15) is 23.8 Å². The zero-order valence-electron chi connectivity index (χ0n) is 22.3. The number of rotatable bonds is 12. The third-order valence-corrected chi connectivity index (χ3v) is 6.80. The lowest BCUT2D eigenvalue weighted by molar-refractivity contribution is 0.106. The fourth-order valence-corrected chi connectivity index (χ4v) is 4.47. The Morgan fingerprint density at radius 2 is 1.75 bits per heavy atom. The molecule has 10 heteroatoms. The molecule has 5 N–H and O–H groups in total. The molecule has 0 aromatic heterocycles. The van der Waals surface area contributed by atoms with E-state index in [1.165, 1.54) is 29.8 Å². The number of urea groups is 1. The predicted molar refractivity (Wildman–Crippen MR) is 149 cm³/mol. The molecular weight excluding hydrogens is 518 g/mol. The van der Waals surface area contributed by atoms with E-state index < -0.39 is 17.7 Å². The van der Waals surface area contributed by atoms with Crippen LogP contribution < -0.4 is 20.7 Å². The second-order valence-electron chi connectivity index (χ2n) is 9.91. The van der Waals surface area contributed by atoms with E-state index >= 15 is 0 Å². The second-order valence-corrected chi connectivity index (χ2v) is 9.91. The number of anilines is 1. The molecule has 0 radical (unpaired) electrons. The van der Waals surface area contributed by atoms with Crippen LogP contribution in [0.1, 0.15) is 24.0 Å². The van der Waals surface area contributed by atoms with Crippen LogP contribution in [-0.4, -0.2) is 66.1 Å². The summed E-state index contributed by atoms with van der Waals surface area (Å²) in [6, 6.07) is 17.9. The number of aliphatic hydroxyl groups is 1. The molecule has 2 amide bonds. The van der Waals surface area contributed by atoms with Crippen molar-refractivity contribution in [3.05, 3.63) is 89.5 Å². The summed E-state index contributed by atoms with van der Waals surface area (Å²) in [5, 5.41) is 28.9.